The van der Waals surface area contributed by atoms with Gasteiger partial charge in [0, 0.05) is 18.7 Å². The summed E-state index contributed by atoms with van der Waals surface area (Å²) in [5, 5.41) is 6.74. The molecule has 0 amide bonds. The van der Waals surface area contributed by atoms with Crippen LogP contribution in [0.3, 0.4) is 0 Å². The van der Waals surface area contributed by atoms with E-state index in [-0.39, 0.29) is 11.9 Å². The normalized spacial score (nSPS) is 11.8. The van der Waals surface area contributed by atoms with Crippen LogP contribution < -0.4 is 10.6 Å². The summed E-state index contributed by atoms with van der Waals surface area (Å²) in [4.78, 5) is 8.91. The number of anilines is 2. The Morgan fingerprint density at radius 1 is 0.962 bits per heavy atom. The van der Waals surface area contributed by atoms with Gasteiger partial charge in [0.15, 0.2) is 0 Å². The van der Waals surface area contributed by atoms with E-state index in [1.54, 1.807) is 12.1 Å². The molecule has 0 aliphatic rings. The first kappa shape index (κ1) is 17.9. The van der Waals surface area contributed by atoms with Gasteiger partial charge in [0.05, 0.1) is 0 Å². The van der Waals surface area contributed by atoms with Crippen molar-refractivity contribution in [2.45, 2.75) is 26.3 Å². The van der Waals surface area contributed by atoms with Crippen LogP contribution >= 0.6 is 0 Å². The van der Waals surface area contributed by atoms with Gasteiger partial charge >= 0.3 is 0 Å². The second kappa shape index (κ2) is 8.43. The lowest BCUT2D eigenvalue weighted by Gasteiger charge is -2.16. The van der Waals surface area contributed by atoms with E-state index in [1.165, 1.54) is 17.7 Å². The number of nitrogens with one attached hydrogen (secondary N) is 2. The minimum atomic E-state index is -0.212. The molecule has 1 aromatic heterocycles. The van der Waals surface area contributed by atoms with Crippen molar-refractivity contribution >= 4 is 11.6 Å². The Hall–Kier alpha value is -2.95. The second-order valence-corrected chi connectivity index (χ2v) is 6.27. The van der Waals surface area contributed by atoms with Crippen LogP contribution in [0.4, 0.5) is 16.0 Å². The lowest BCUT2D eigenvalue weighted by atomic mass is 10.1. The monoisotopic (exact) mass is 350 g/mol. The molecule has 5 heteroatoms. The molecule has 4 nitrogen and oxygen atoms in total. The molecule has 0 saturated carbocycles. The van der Waals surface area contributed by atoms with Gasteiger partial charge < -0.3 is 10.6 Å². The van der Waals surface area contributed by atoms with E-state index in [0.29, 0.717) is 5.82 Å². The minimum Gasteiger partial charge on any atom is -0.370 e. The van der Waals surface area contributed by atoms with Gasteiger partial charge in [-0.05, 0) is 43.5 Å². The fraction of sp³-hybridized carbons (Fsp3) is 0.238. The average Bonchev–Trinajstić information content (AvgIpc) is 2.64. The number of hydrogen-bond donors (Lipinski definition) is 2. The van der Waals surface area contributed by atoms with Crippen molar-refractivity contribution in [3.8, 4) is 0 Å². The maximum atomic E-state index is 12.9. The van der Waals surface area contributed by atoms with Crippen LogP contribution in [0.15, 0.2) is 60.7 Å². The number of hydrogen-bond acceptors (Lipinski definition) is 4. The number of aromatic nitrogens is 2. The van der Waals surface area contributed by atoms with Gasteiger partial charge in [-0.3, -0.25) is 0 Å². The minimum absolute atomic E-state index is 0.151. The van der Waals surface area contributed by atoms with Crippen LogP contribution in [0, 0.1) is 12.7 Å². The summed E-state index contributed by atoms with van der Waals surface area (Å²) in [6.45, 7) is 4.70. The Bertz CT molecular complexity index is 834. The Kier molecular flexibility index (Phi) is 5.79. The first-order chi connectivity index (χ1) is 12.6. The predicted molar refractivity (Wildman–Crippen MR) is 104 cm³/mol. The molecule has 0 fully saturated rings. The molecular formula is C21H23FN4. The maximum Gasteiger partial charge on any atom is 0.132 e. The summed E-state index contributed by atoms with van der Waals surface area (Å²) < 4.78 is 12.9. The van der Waals surface area contributed by atoms with Crippen LogP contribution in [-0.2, 0) is 6.42 Å². The summed E-state index contributed by atoms with van der Waals surface area (Å²) in [6.07, 6.45) is 0.798. The molecule has 3 aromatic rings. The van der Waals surface area contributed by atoms with Crippen molar-refractivity contribution in [2.75, 3.05) is 17.2 Å². The first-order valence-corrected chi connectivity index (χ1v) is 8.75. The zero-order valence-electron chi connectivity index (χ0n) is 15.0. The molecule has 2 N–H and O–H groups in total. The van der Waals surface area contributed by atoms with Crippen molar-refractivity contribution in [1.29, 1.82) is 0 Å². The molecule has 1 heterocycles. The van der Waals surface area contributed by atoms with Crippen molar-refractivity contribution in [2.24, 2.45) is 0 Å². The first-order valence-electron chi connectivity index (χ1n) is 8.75. The molecule has 1 atom stereocenters. The number of aryl methyl sites for hydroxylation is 1. The number of nitrogens with zero attached hydrogens (tertiary/aromatic N) is 2. The molecule has 1 unspecified atom stereocenters. The Morgan fingerprint density at radius 2 is 1.65 bits per heavy atom. The summed E-state index contributed by atoms with van der Waals surface area (Å²) in [5.74, 6) is 2.07. The van der Waals surface area contributed by atoms with Gasteiger partial charge in [0.1, 0.15) is 23.3 Å². The fourth-order valence-corrected chi connectivity index (χ4v) is 2.77. The number of benzene rings is 2. The SMILES string of the molecule is Cc1nc(NCCc2ccc(F)cc2)cc(NC(C)c2ccccc2)n1. The Labute approximate surface area is 153 Å². The summed E-state index contributed by atoms with van der Waals surface area (Å²) in [6, 6.07) is 18.9. The van der Waals surface area contributed by atoms with Crippen molar-refractivity contribution in [3.63, 3.8) is 0 Å². The molecule has 0 bridgehead atoms. The summed E-state index contributed by atoms with van der Waals surface area (Å²) >= 11 is 0. The van der Waals surface area contributed by atoms with Crippen molar-refractivity contribution in [3.05, 3.63) is 83.4 Å². The zero-order chi connectivity index (χ0) is 18.4. The van der Waals surface area contributed by atoms with Crippen LogP contribution in [0.5, 0.6) is 0 Å². The van der Waals surface area contributed by atoms with Crippen LogP contribution in [0.1, 0.15) is 29.9 Å². The lowest BCUT2D eigenvalue weighted by molar-refractivity contribution is 0.627. The molecule has 134 valence electrons. The van der Waals surface area contributed by atoms with E-state index in [4.69, 9.17) is 0 Å². The van der Waals surface area contributed by atoms with Gasteiger partial charge in [0.2, 0.25) is 0 Å². The second-order valence-electron chi connectivity index (χ2n) is 6.27. The fourth-order valence-electron chi connectivity index (χ4n) is 2.77. The molecule has 0 aliphatic heterocycles. The van der Waals surface area contributed by atoms with Gasteiger partial charge in [-0.25, -0.2) is 14.4 Å². The third-order valence-electron chi connectivity index (χ3n) is 4.13. The van der Waals surface area contributed by atoms with Crippen molar-refractivity contribution in [1.82, 2.24) is 9.97 Å². The molecular weight excluding hydrogens is 327 g/mol. The molecule has 26 heavy (non-hydrogen) atoms. The molecule has 2 aromatic carbocycles. The summed E-state index contributed by atoms with van der Waals surface area (Å²) in [5.41, 5.74) is 2.29. The number of halogens is 1. The summed E-state index contributed by atoms with van der Waals surface area (Å²) in [7, 11) is 0. The number of rotatable bonds is 7. The van der Waals surface area contributed by atoms with E-state index in [2.05, 4.69) is 39.7 Å². The van der Waals surface area contributed by atoms with Gasteiger partial charge in [-0.15, -0.1) is 0 Å². The Morgan fingerprint density at radius 3 is 2.38 bits per heavy atom. The molecule has 3 rings (SSSR count). The maximum absolute atomic E-state index is 12.9. The predicted octanol–water partition coefficient (Wildman–Crippen LogP) is 4.75. The van der Waals surface area contributed by atoms with E-state index in [1.807, 2.05) is 31.2 Å². The van der Waals surface area contributed by atoms with Gasteiger partial charge in [-0.1, -0.05) is 42.5 Å². The zero-order valence-corrected chi connectivity index (χ0v) is 15.0. The van der Waals surface area contributed by atoms with Gasteiger partial charge in [-0.2, -0.15) is 0 Å². The largest absolute Gasteiger partial charge is 0.370 e. The van der Waals surface area contributed by atoms with E-state index in [9.17, 15) is 4.39 Å². The third kappa shape index (κ3) is 5.02. The molecule has 0 saturated heterocycles. The van der Waals surface area contributed by atoms with Crippen LogP contribution in [0.2, 0.25) is 0 Å². The Balaban J connectivity index is 1.61. The van der Waals surface area contributed by atoms with Crippen LogP contribution in [-0.4, -0.2) is 16.5 Å². The molecule has 0 aliphatic carbocycles. The quantitative estimate of drug-likeness (QED) is 0.645. The molecule has 0 radical (unpaired) electrons. The topological polar surface area (TPSA) is 49.8 Å². The van der Waals surface area contributed by atoms with E-state index >= 15 is 0 Å². The van der Waals surface area contributed by atoms with E-state index < -0.39 is 0 Å². The highest BCUT2D eigenvalue weighted by atomic mass is 19.1. The average molecular weight is 350 g/mol. The molecule has 0 spiro atoms. The highest BCUT2D eigenvalue weighted by molar-refractivity contribution is 5.49. The van der Waals surface area contributed by atoms with Crippen molar-refractivity contribution < 1.29 is 4.39 Å². The van der Waals surface area contributed by atoms with Gasteiger partial charge in [0.25, 0.3) is 0 Å². The highest BCUT2D eigenvalue weighted by Gasteiger charge is 2.08. The smallest absolute Gasteiger partial charge is 0.132 e. The van der Waals surface area contributed by atoms with E-state index in [0.717, 1.165) is 30.2 Å². The lowest BCUT2D eigenvalue weighted by Crippen LogP contribution is -2.11. The third-order valence-corrected chi connectivity index (χ3v) is 4.13. The highest BCUT2D eigenvalue weighted by Crippen LogP contribution is 2.19. The standard InChI is InChI=1S/C21H23FN4/c1-15(18-6-4-3-5-7-18)24-21-14-20(25-16(2)26-21)23-13-12-17-8-10-19(22)11-9-17/h3-11,14-15H,12-13H2,1-2H3,(H2,23,24,25,26). The van der Waals surface area contributed by atoms with Crippen LogP contribution in [0.25, 0.3) is 0 Å².